The van der Waals surface area contributed by atoms with Crippen LogP contribution in [0.1, 0.15) is 45.4 Å². The zero-order valence-electron chi connectivity index (χ0n) is 8.71. The minimum atomic E-state index is -0.120. The van der Waals surface area contributed by atoms with Crippen molar-refractivity contribution in [1.82, 2.24) is 0 Å². The molecule has 1 fully saturated rings. The van der Waals surface area contributed by atoms with E-state index in [9.17, 15) is 4.79 Å². The van der Waals surface area contributed by atoms with Crippen LogP contribution >= 0.6 is 0 Å². The summed E-state index contributed by atoms with van der Waals surface area (Å²) in [5.41, 5.74) is 0. The summed E-state index contributed by atoms with van der Waals surface area (Å²) in [6.45, 7) is 1.91. The first-order chi connectivity index (χ1) is 6.29. The van der Waals surface area contributed by atoms with Crippen LogP contribution < -0.4 is 0 Å². The van der Waals surface area contributed by atoms with Crippen molar-refractivity contribution < 1.29 is 9.53 Å². The van der Waals surface area contributed by atoms with Gasteiger partial charge in [0.15, 0.2) is 5.78 Å². The van der Waals surface area contributed by atoms with Crippen molar-refractivity contribution in [2.45, 2.75) is 51.6 Å². The van der Waals surface area contributed by atoms with Crippen LogP contribution in [0, 0.1) is 5.92 Å². The molecule has 2 nitrogen and oxygen atoms in total. The molecule has 13 heavy (non-hydrogen) atoms. The van der Waals surface area contributed by atoms with Gasteiger partial charge in [-0.15, -0.1) is 0 Å². The monoisotopic (exact) mass is 184 g/mol. The summed E-state index contributed by atoms with van der Waals surface area (Å²) in [5.74, 6) is 0.764. The van der Waals surface area contributed by atoms with Crippen LogP contribution in [0.15, 0.2) is 0 Å². The number of Topliss-reactive ketones (excluding diaryl/α,β-unsaturated/α-hetero) is 1. The van der Waals surface area contributed by atoms with Gasteiger partial charge in [-0.3, -0.25) is 4.79 Å². The average molecular weight is 184 g/mol. The Bertz CT molecular complexity index is 159. The SMILES string of the molecule is CCC(=O)C(OC)C1CCCCC1. The van der Waals surface area contributed by atoms with Crippen molar-refractivity contribution in [3.63, 3.8) is 0 Å². The number of carbonyl (C=O) groups excluding carboxylic acids is 1. The quantitative estimate of drug-likeness (QED) is 0.671. The van der Waals surface area contributed by atoms with E-state index in [0.29, 0.717) is 12.3 Å². The summed E-state index contributed by atoms with van der Waals surface area (Å²) < 4.78 is 5.29. The molecule has 0 aromatic rings. The molecule has 1 unspecified atom stereocenters. The largest absolute Gasteiger partial charge is 0.373 e. The second-order valence-electron chi connectivity index (χ2n) is 3.87. The molecule has 1 atom stereocenters. The molecule has 1 rings (SSSR count). The van der Waals surface area contributed by atoms with E-state index in [2.05, 4.69) is 0 Å². The molecule has 0 N–H and O–H groups in total. The lowest BCUT2D eigenvalue weighted by atomic mass is 9.83. The highest BCUT2D eigenvalue weighted by atomic mass is 16.5. The second kappa shape index (κ2) is 5.38. The fourth-order valence-corrected chi connectivity index (χ4v) is 2.22. The minimum absolute atomic E-state index is 0.120. The molecule has 76 valence electrons. The lowest BCUT2D eigenvalue weighted by molar-refractivity contribution is -0.132. The molecule has 0 saturated heterocycles. The Morgan fingerprint density at radius 3 is 2.46 bits per heavy atom. The molecule has 0 spiro atoms. The summed E-state index contributed by atoms with van der Waals surface area (Å²) in [4.78, 5) is 11.5. The van der Waals surface area contributed by atoms with Gasteiger partial charge in [0.05, 0.1) is 0 Å². The van der Waals surface area contributed by atoms with Gasteiger partial charge in [-0.05, 0) is 18.8 Å². The van der Waals surface area contributed by atoms with E-state index in [0.717, 1.165) is 0 Å². The van der Waals surface area contributed by atoms with Crippen molar-refractivity contribution in [3.05, 3.63) is 0 Å². The Morgan fingerprint density at radius 1 is 1.38 bits per heavy atom. The molecule has 1 aliphatic rings. The first-order valence-electron chi connectivity index (χ1n) is 5.35. The van der Waals surface area contributed by atoms with E-state index in [4.69, 9.17) is 4.74 Å². The van der Waals surface area contributed by atoms with Crippen LogP contribution in [0.25, 0.3) is 0 Å². The Hall–Kier alpha value is -0.370. The number of hydrogen-bond donors (Lipinski definition) is 0. The second-order valence-corrected chi connectivity index (χ2v) is 3.87. The smallest absolute Gasteiger partial charge is 0.161 e. The Morgan fingerprint density at radius 2 is 2.00 bits per heavy atom. The summed E-state index contributed by atoms with van der Waals surface area (Å²) in [6.07, 6.45) is 6.69. The molecule has 0 amide bonds. The van der Waals surface area contributed by atoms with Crippen molar-refractivity contribution >= 4 is 5.78 Å². The summed E-state index contributed by atoms with van der Waals surface area (Å²) in [7, 11) is 1.66. The lowest BCUT2D eigenvalue weighted by Crippen LogP contribution is -2.32. The summed E-state index contributed by atoms with van der Waals surface area (Å²) in [5, 5.41) is 0. The average Bonchev–Trinajstić information content (AvgIpc) is 2.20. The lowest BCUT2D eigenvalue weighted by Gasteiger charge is -2.27. The number of carbonyl (C=O) groups is 1. The number of hydrogen-bond acceptors (Lipinski definition) is 2. The highest BCUT2D eigenvalue weighted by molar-refractivity contribution is 5.83. The first-order valence-corrected chi connectivity index (χ1v) is 5.35. The van der Waals surface area contributed by atoms with Gasteiger partial charge in [-0.25, -0.2) is 0 Å². The summed E-state index contributed by atoms with van der Waals surface area (Å²) >= 11 is 0. The van der Waals surface area contributed by atoms with Crippen molar-refractivity contribution in [2.24, 2.45) is 5.92 Å². The third-order valence-electron chi connectivity index (χ3n) is 3.00. The van der Waals surface area contributed by atoms with Crippen LogP contribution in [-0.2, 0) is 9.53 Å². The molecule has 0 radical (unpaired) electrons. The molecule has 0 bridgehead atoms. The first kappa shape index (κ1) is 10.7. The van der Waals surface area contributed by atoms with E-state index >= 15 is 0 Å². The molecule has 0 heterocycles. The molecule has 1 aliphatic carbocycles. The zero-order valence-corrected chi connectivity index (χ0v) is 8.71. The van der Waals surface area contributed by atoms with E-state index in [-0.39, 0.29) is 11.9 Å². The van der Waals surface area contributed by atoms with E-state index in [1.807, 2.05) is 6.92 Å². The van der Waals surface area contributed by atoms with Gasteiger partial charge in [-0.1, -0.05) is 26.2 Å². The van der Waals surface area contributed by atoms with Gasteiger partial charge in [0.25, 0.3) is 0 Å². The van der Waals surface area contributed by atoms with E-state index < -0.39 is 0 Å². The van der Waals surface area contributed by atoms with Crippen LogP contribution in [0.5, 0.6) is 0 Å². The van der Waals surface area contributed by atoms with Gasteiger partial charge in [0.2, 0.25) is 0 Å². The standard InChI is InChI=1S/C11H20O2/c1-3-10(12)11(13-2)9-7-5-4-6-8-9/h9,11H,3-8H2,1-2H3. The van der Waals surface area contributed by atoms with Gasteiger partial charge in [0.1, 0.15) is 6.10 Å². The highest BCUT2D eigenvalue weighted by Gasteiger charge is 2.27. The van der Waals surface area contributed by atoms with Crippen molar-refractivity contribution in [1.29, 1.82) is 0 Å². The third-order valence-corrected chi connectivity index (χ3v) is 3.00. The van der Waals surface area contributed by atoms with Gasteiger partial charge in [0, 0.05) is 13.5 Å². The topological polar surface area (TPSA) is 26.3 Å². The maximum atomic E-state index is 11.5. The Kier molecular flexibility index (Phi) is 4.43. The number of ether oxygens (including phenoxy) is 1. The van der Waals surface area contributed by atoms with E-state index in [1.165, 1.54) is 32.1 Å². The van der Waals surface area contributed by atoms with Crippen molar-refractivity contribution in [2.75, 3.05) is 7.11 Å². The number of ketones is 1. The third kappa shape index (κ3) is 2.80. The van der Waals surface area contributed by atoms with E-state index in [1.54, 1.807) is 7.11 Å². The predicted molar refractivity (Wildman–Crippen MR) is 52.7 cm³/mol. The van der Waals surface area contributed by atoms with Gasteiger partial charge < -0.3 is 4.74 Å². The molecule has 0 aromatic heterocycles. The molecule has 2 heteroatoms. The van der Waals surface area contributed by atoms with Crippen LogP contribution in [0.4, 0.5) is 0 Å². The molecular formula is C11H20O2. The fraction of sp³-hybridized carbons (Fsp3) is 0.909. The maximum absolute atomic E-state index is 11.5. The molecule has 1 saturated carbocycles. The molecule has 0 aromatic carbocycles. The Balaban J connectivity index is 2.48. The summed E-state index contributed by atoms with van der Waals surface area (Å²) in [6, 6.07) is 0. The highest BCUT2D eigenvalue weighted by Crippen LogP contribution is 2.28. The zero-order chi connectivity index (χ0) is 9.68. The fourth-order valence-electron chi connectivity index (χ4n) is 2.22. The van der Waals surface area contributed by atoms with Gasteiger partial charge in [-0.2, -0.15) is 0 Å². The molecular weight excluding hydrogens is 164 g/mol. The predicted octanol–water partition coefficient (Wildman–Crippen LogP) is 2.56. The normalized spacial score (nSPS) is 21.4. The number of rotatable bonds is 4. The minimum Gasteiger partial charge on any atom is -0.373 e. The van der Waals surface area contributed by atoms with Gasteiger partial charge >= 0.3 is 0 Å². The Labute approximate surface area is 80.7 Å². The number of methoxy groups -OCH3 is 1. The maximum Gasteiger partial charge on any atom is 0.161 e. The molecule has 0 aliphatic heterocycles. The van der Waals surface area contributed by atoms with Crippen LogP contribution in [-0.4, -0.2) is 19.0 Å². The van der Waals surface area contributed by atoms with Crippen LogP contribution in [0.3, 0.4) is 0 Å². The van der Waals surface area contributed by atoms with Crippen molar-refractivity contribution in [3.8, 4) is 0 Å². The van der Waals surface area contributed by atoms with Crippen LogP contribution in [0.2, 0.25) is 0 Å².